The molecule has 2 heterocycles. The van der Waals surface area contributed by atoms with Gasteiger partial charge in [-0.3, -0.25) is 9.69 Å². The molecule has 2 N–H and O–H groups in total. The third kappa shape index (κ3) is 6.61. The van der Waals surface area contributed by atoms with Crippen LogP contribution >= 0.6 is 24.2 Å². The molecular formula is C27H32ClN7O2S. The molecule has 2 aromatic heterocycles. The zero-order valence-electron chi connectivity index (χ0n) is 21.7. The quantitative estimate of drug-likeness (QED) is 0.168. The number of esters is 1. The predicted molar refractivity (Wildman–Crippen MR) is 151 cm³/mol. The van der Waals surface area contributed by atoms with E-state index < -0.39 is 12.1 Å². The van der Waals surface area contributed by atoms with E-state index >= 15 is 0 Å². The maximum atomic E-state index is 13.2. The number of aromatic nitrogens is 6. The Hall–Kier alpha value is -3.21. The summed E-state index contributed by atoms with van der Waals surface area (Å²) in [5.74, 6) is 1.20. The first-order chi connectivity index (χ1) is 18.4. The van der Waals surface area contributed by atoms with E-state index in [9.17, 15) is 4.79 Å². The van der Waals surface area contributed by atoms with Crippen LogP contribution in [0.25, 0.3) is 22.5 Å². The fraction of sp³-hybridized carbons (Fsp3) is 0.370. The number of ether oxygens (including phenoxy) is 1. The number of carbonyl (C=O) groups excluding carboxylic acids is 1. The first-order valence-electron chi connectivity index (χ1n) is 12.6. The minimum atomic E-state index is -0.680. The van der Waals surface area contributed by atoms with Gasteiger partial charge in [-0.05, 0) is 48.5 Å². The SMILES string of the molecule is CCCCc1nc(Cl)c([C@@H](Cc2ccc(-c3ccccc3)c(-c3nn[nH]n3)c2)OC(=O)[C@H](CS)N(C)C)[nH]1. The summed E-state index contributed by atoms with van der Waals surface area (Å²) in [5, 5.41) is 15.0. The van der Waals surface area contributed by atoms with Gasteiger partial charge < -0.3 is 9.72 Å². The largest absolute Gasteiger partial charge is 0.454 e. The summed E-state index contributed by atoms with van der Waals surface area (Å²) in [6.45, 7) is 2.12. The fourth-order valence-corrected chi connectivity index (χ4v) is 4.97. The van der Waals surface area contributed by atoms with Crippen LogP contribution in [0.1, 0.15) is 43.0 Å². The number of likely N-dealkylation sites (N-methyl/N-ethyl adjacent to an activating group) is 1. The molecule has 0 saturated carbocycles. The monoisotopic (exact) mass is 553 g/mol. The highest BCUT2D eigenvalue weighted by atomic mass is 35.5. The zero-order chi connectivity index (χ0) is 27.1. The predicted octanol–water partition coefficient (Wildman–Crippen LogP) is 4.94. The summed E-state index contributed by atoms with van der Waals surface area (Å²) < 4.78 is 6.06. The Morgan fingerprint density at radius 1 is 1.16 bits per heavy atom. The number of imidazole rings is 1. The molecule has 0 unspecified atom stereocenters. The number of benzene rings is 2. The highest BCUT2D eigenvalue weighted by Crippen LogP contribution is 2.34. The summed E-state index contributed by atoms with van der Waals surface area (Å²) in [4.78, 5) is 22.7. The summed E-state index contributed by atoms with van der Waals surface area (Å²) in [6.07, 6.45) is 2.46. The molecule has 4 rings (SSSR count). The van der Waals surface area contributed by atoms with Crippen LogP contribution in [0.4, 0.5) is 0 Å². The van der Waals surface area contributed by atoms with Crippen LogP contribution in [-0.4, -0.2) is 67.4 Å². The van der Waals surface area contributed by atoms with Crippen molar-refractivity contribution in [3.8, 4) is 22.5 Å². The van der Waals surface area contributed by atoms with Gasteiger partial charge in [0.25, 0.3) is 0 Å². The maximum Gasteiger partial charge on any atom is 0.324 e. The molecule has 38 heavy (non-hydrogen) atoms. The normalized spacial score (nSPS) is 13.0. The molecule has 0 amide bonds. The number of tetrazole rings is 1. The Kier molecular flexibility index (Phi) is 9.54. The molecule has 200 valence electrons. The lowest BCUT2D eigenvalue weighted by atomic mass is 9.95. The van der Waals surface area contributed by atoms with Gasteiger partial charge >= 0.3 is 5.97 Å². The molecule has 0 radical (unpaired) electrons. The Balaban J connectivity index is 1.71. The average Bonchev–Trinajstić information content (AvgIpc) is 3.58. The van der Waals surface area contributed by atoms with Crippen molar-refractivity contribution in [2.75, 3.05) is 19.8 Å². The average molecular weight is 554 g/mol. The second kappa shape index (κ2) is 13.0. The second-order valence-corrected chi connectivity index (χ2v) is 9.99. The van der Waals surface area contributed by atoms with Gasteiger partial charge in [-0.1, -0.05) is 67.4 Å². The second-order valence-electron chi connectivity index (χ2n) is 9.26. The molecule has 4 aromatic rings. The van der Waals surface area contributed by atoms with Crippen LogP contribution < -0.4 is 0 Å². The first-order valence-corrected chi connectivity index (χ1v) is 13.6. The lowest BCUT2D eigenvalue weighted by Crippen LogP contribution is -2.39. The van der Waals surface area contributed by atoms with Crippen LogP contribution in [0.15, 0.2) is 48.5 Å². The number of unbranched alkanes of at least 4 members (excludes halogenated alkanes) is 1. The molecule has 0 fully saturated rings. The minimum absolute atomic E-state index is 0.306. The number of halogens is 1. The number of aryl methyl sites for hydroxylation is 1. The lowest BCUT2D eigenvalue weighted by Gasteiger charge is -2.24. The van der Waals surface area contributed by atoms with E-state index in [4.69, 9.17) is 16.3 Å². The standard InChI is InChI=1S/C27H32ClN7O2S/c1-4-5-11-23-29-24(25(28)30-23)22(37-27(36)21(16-38)35(2)3)15-17-12-13-19(18-9-7-6-8-10-18)20(14-17)26-31-33-34-32-26/h6-10,12-14,21-22,38H,4-5,11,15-16H2,1-3H3,(H,29,30)(H,31,32,33,34)/t21-,22+/m0/s1. The number of aromatic amines is 2. The van der Waals surface area contributed by atoms with E-state index in [2.05, 4.69) is 50.1 Å². The van der Waals surface area contributed by atoms with Crippen molar-refractivity contribution in [1.29, 1.82) is 0 Å². The molecule has 11 heteroatoms. The van der Waals surface area contributed by atoms with Crippen molar-refractivity contribution in [2.45, 2.75) is 44.8 Å². The van der Waals surface area contributed by atoms with Gasteiger partial charge in [-0.15, -0.1) is 10.2 Å². The highest BCUT2D eigenvalue weighted by Gasteiger charge is 2.29. The van der Waals surface area contributed by atoms with Crippen molar-refractivity contribution in [3.63, 3.8) is 0 Å². The van der Waals surface area contributed by atoms with Gasteiger partial charge in [0.1, 0.15) is 18.0 Å². The number of hydrogen-bond donors (Lipinski definition) is 3. The molecule has 0 bridgehead atoms. The summed E-state index contributed by atoms with van der Waals surface area (Å²) in [7, 11) is 3.64. The van der Waals surface area contributed by atoms with Gasteiger partial charge in [0, 0.05) is 24.2 Å². The van der Waals surface area contributed by atoms with Crippen LogP contribution in [0, 0.1) is 0 Å². The van der Waals surface area contributed by atoms with E-state index in [-0.39, 0.29) is 5.97 Å². The minimum Gasteiger partial charge on any atom is -0.454 e. The Labute approximate surface area is 232 Å². The fourth-order valence-electron chi connectivity index (χ4n) is 4.22. The van der Waals surface area contributed by atoms with E-state index in [0.717, 1.165) is 47.3 Å². The summed E-state index contributed by atoms with van der Waals surface area (Å²) >= 11 is 10.9. The molecule has 0 aliphatic carbocycles. The Morgan fingerprint density at radius 3 is 2.61 bits per heavy atom. The van der Waals surface area contributed by atoms with E-state index in [0.29, 0.717) is 28.8 Å². The summed E-state index contributed by atoms with van der Waals surface area (Å²) in [5.41, 5.74) is 4.30. The maximum absolute atomic E-state index is 13.2. The van der Waals surface area contributed by atoms with Crippen molar-refractivity contribution < 1.29 is 9.53 Å². The number of nitrogens with zero attached hydrogens (tertiary/aromatic N) is 5. The third-order valence-corrected chi connectivity index (χ3v) is 6.96. The van der Waals surface area contributed by atoms with Gasteiger partial charge in [-0.25, -0.2) is 4.98 Å². The van der Waals surface area contributed by atoms with Gasteiger partial charge in [0.2, 0.25) is 5.82 Å². The molecule has 0 aliphatic rings. The van der Waals surface area contributed by atoms with Crippen LogP contribution in [0.2, 0.25) is 5.15 Å². The Morgan fingerprint density at radius 2 is 1.95 bits per heavy atom. The number of carbonyl (C=O) groups is 1. The number of H-pyrrole nitrogens is 2. The molecular weight excluding hydrogens is 522 g/mol. The number of nitrogens with one attached hydrogen (secondary N) is 2. The van der Waals surface area contributed by atoms with E-state index in [1.54, 1.807) is 4.90 Å². The number of rotatable bonds is 12. The van der Waals surface area contributed by atoms with Gasteiger partial charge in [0.15, 0.2) is 5.15 Å². The van der Waals surface area contributed by atoms with E-state index in [1.165, 1.54) is 0 Å². The lowest BCUT2D eigenvalue weighted by molar-refractivity contribution is -0.154. The zero-order valence-corrected chi connectivity index (χ0v) is 23.3. The smallest absolute Gasteiger partial charge is 0.324 e. The van der Waals surface area contributed by atoms with Crippen molar-refractivity contribution >= 4 is 30.2 Å². The molecule has 0 spiro atoms. The molecule has 2 aromatic carbocycles. The van der Waals surface area contributed by atoms with Crippen molar-refractivity contribution in [2.24, 2.45) is 0 Å². The Bertz CT molecular complexity index is 1330. The first kappa shape index (κ1) is 27.8. The van der Waals surface area contributed by atoms with Crippen molar-refractivity contribution in [3.05, 3.63) is 70.8 Å². The number of hydrogen-bond acceptors (Lipinski definition) is 8. The van der Waals surface area contributed by atoms with Crippen LogP contribution in [0.5, 0.6) is 0 Å². The molecule has 9 nitrogen and oxygen atoms in total. The van der Waals surface area contributed by atoms with E-state index in [1.807, 2.05) is 62.6 Å². The molecule has 2 atom stereocenters. The van der Waals surface area contributed by atoms with Gasteiger partial charge in [-0.2, -0.15) is 17.8 Å². The van der Waals surface area contributed by atoms with Crippen molar-refractivity contribution in [1.82, 2.24) is 35.5 Å². The van der Waals surface area contributed by atoms with Crippen LogP contribution in [-0.2, 0) is 22.4 Å². The molecule has 0 aliphatic heterocycles. The van der Waals surface area contributed by atoms with Gasteiger partial charge in [0.05, 0.1) is 5.69 Å². The topological polar surface area (TPSA) is 113 Å². The molecule has 0 saturated heterocycles. The third-order valence-electron chi connectivity index (χ3n) is 6.33. The number of thiol groups is 1. The van der Waals surface area contributed by atoms with Crippen LogP contribution in [0.3, 0.4) is 0 Å². The summed E-state index contributed by atoms with van der Waals surface area (Å²) in [6, 6.07) is 15.5. The highest BCUT2D eigenvalue weighted by molar-refractivity contribution is 7.80.